The van der Waals surface area contributed by atoms with Crippen LogP contribution in [0.15, 0.2) is 35.6 Å². The van der Waals surface area contributed by atoms with Gasteiger partial charge in [-0.2, -0.15) is 0 Å². The van der Waals surface area contributed by atoms with Crippen LogP contribution in [0.1, 0.15) is 28.8 Å². The smallest absolute Gasteiger partial charge is 0.259 e. The number of sulfonamides is 1. The number of anilines is 2. The molecule has 9 nitrogen and oxygen atoms in total. The van der Waals surface area contributed by atoms with Gasteiger partial charge in [0.05, 0.1) is 17.7 Å². The van der Waals surface area contributed by atoms with Gasteiger partial charge in [-0.3, -0.25) is 4.79 Å². The molecule has 2 saturated heterocycles. The van der Waals surface area contributed by atoms with Gasteiger partial charge >= 0.3 is 0 Å². The molecule has 10 heteroatoms. The standard InChI is InChI=1S/C18H21N5O4S/c1-11-8-13(17(21-10-11)23-6-3-15-14(23)4-7-27-15)18(24)22-12-2-5-20-16(9-12)28(19,25)26/h2,5,8-10,14-15H,3-4,6-7H2,1H3,(H2,19,25,26)(H,20,22,24). The number of carbonyl (C=O) groups excluding carboxylic acids is 1. The first-order chi connectivity index (χ1) is 13.3. The summed E-state index contributed by atoms with van der Waals surface area (Å²) >= 11 is 0. The predicted molar refractivity (Wildman–Crippen MR) is 103 cm³/mol. The summed E-state index contributed by atoms with van der Waals surface area (Å²) in [7, 11) is -3.96. The Bertz CT molecular complexity index is 1030. The van der Waals surface area contributed by atoms with Crippen molar-refractivity contribution in [2.75, 3.05) is 23.4 Å². The molecule has 2 fully saturated rings. The van der Waals surface area contributed by atoms with Crippen molar-refractivity contribution in [3.05, 3.63) is 41.7 Å². The second kappa shape index (κ2) is 7.12. The van der Waals surface area contributed by atoms with Crippen molar-refractivity contribution in [2.45, 2.75) is 36.9 Å². The number of pyridine rings is 2. The summed E-state index contributed by atoms with van der Waals surface area (Å²) in [6.07, 6.45) is 5.01. The third kappa shape index (κ3) is 3.58. The number of hydrogen-bond acceptors (Lipinski definition) is 7. The summed E-state index contributed by atoms with van der Waals surface area (Å²) in [6, 6.07) is 4.73. The van der Waals surface area contributed by atoms with Gasteiger partial charge in [0.1, 0.15) is 5.82 Å². The number of aryl methyl sites for hydroxylation is 1. The summed E-state index contributed by atoms with van der Waals surface area (Å²) in [5.74, 6) is 0.238. The lowest BCUT2D eigenvalue weighted by atomic mass is 10.1. The molecule has 0 saturated carbocycles. The van der Waals surface area contributed by atoms with E-state index in [0.29, 0.717) is 23.7 Å². The zero-order valence-electron chi connectivity index (χ0n) is 15.3. The molecule has 0 aliphatic carbocycles. The molecule has 0 aromatic carbocycles. The molecule has 2 aromatic rings. The largest absolute Gasteiger partial charge is 0.376 e. The van der Waals surface area contributed by atoms with Gasteiger partial charge in [-0.05, 0) is 37.5 Å². The van der Waals surface area contributed by atoms with Crippen molar-refractivity contribution < 1.29 is 17.9 Å². The van der Waals surface area contributed by atoms with Crippen molar-refractivity contribution in [3.8, 4) is 0 Å². The van der Waals surface area contributed by atoms with Crippen LogP contribution in [0.3, 0.4) is 0 Å². The number of nitrogens with zero attached hydrogens (tertiary/aromatic N) is 3. The van der Waals surface area contributed by atoms with Crippen LogP contribution >= 0.6 is 0 Å². The van der Waals surface area contributed by atoms with Crippen molar-refractivity contribution >= 4 is 27.4 Å². The molecule has 3 N–H and O–H groups in total. The van der Waals surface area contributed by atoms with E-state index in [9.17, 15) is 13.2 Å². The van der Waals surface area contributed by atoms with Crippen LogP contribution in [0.25, 0.3) is 0 Å². The first-order valence-electron chi connectivity index (χ1n) is 8.98. The Hall–Kier alpha value is -2.56. The number of rotatable bonds is 4. The first-order valence-corrected chi connectivity index (χ1v) is 10.5. The minimum Gasteiger partial charge on any atom is -0.376 e. The highest BCUT2D eigenvalue weighted by molar-refractivity contribution is 7.89. The lowest BCUT2D eigenvalue weighted by Gasteiger charge is -2.26. The second-order valence-corrected chi connectivity index (χ2v) is 8.52. The second-order valence-electron chi connectivity index (χ2n) is 7.01. The van der Waals surface area contributed by atoms with Crippen LogP contribution in [0.2, 0.25) is 0 Å². The number of amides is 1. The summed E-state index contributed by atoms with van der Waals surface area (Å²) in [6.45, 7) is 3.35. The fourth-order valence-corrected chi connectivity index (χ4v) is 4.26. The van der Waals surface area contributed by atoms with Crippen molar-refractivity contribution in [1.29, 1.82) is 0 Å². The van der Waals surface area contributed by atoms with Crippen molar-refractivity contribution in [3.63, 3.8) is 0 Å². The molecule has 2 atom stereocenters. The maximum absolute atomic E-state index is 13.0. The first kappa shape index (κ1) is 18.8. The Morgan fingerprint density at radius 3 is 2.93 bits per heavy atom. The molecular weight excluding hydrogens is 382 g/mol. The van der Waals surface area contributed by atoms with E-state index in [4.69, 9.17) is 9.88 Å². The van der Waals surface area contributed by atoms with Gasteiger partial charge < -0.3 is 15.0 Å². The average molecular weight is 403 g/mol. The Labute approximate surface area is 163 Å². The average Bonchev–Trinajstić information content (AvgIpc) is 3.25. The molecule has 2 aromatic heterocycles. The molecule has 4 heterocycles. The monoisotopic (exact) mass is 403 g/mol. The minimum atomic E-state index is -3.96. The molecule has 2 aliphatic heterocycles. The highest BCUT2D eigenvalue weighted by Crippen LogP contribution is 2.34. The van der Waals surface area contributed by atoms with E-state index in [1.807, 2.05) is 6.92 Å². The molecule has 2 unspecified atom stereocenters. The van der Waals surface area contributed by atoms with Gasteiger partial charge in [0, 0.05) is 37.3 Å². The summed E-state index contributed by atoms with van der Waals surface area (Å²) in [5.41, 5.74) is 1.58. The van der Waals surface area contributed by atoms with Crippen LogP contribution in [0.5, 0.6) is 0 Å². The van der Waals surface area contributed by atoms with Crippen LogP contribution in [-0.4, -0.2) is 49.6 Å². The van der Waals surface area contributed by atoms with Crippen molar-refractivity contribution in [1.82, 2.24) is 9.97 Å². The topological polar surface area (TPSA) is 128 Å². The zero-order chi connectivity index (χ0) is 19.9. The van der Waals surface area contributed by atoms with Crippen LogP contribution in [-0.2, 0) is 14.8 Å². The zero-order valence-corrected chi connectivity index (χ0v) is 16.1. The number of ether oxygens (including phenoxy) is 1. The van der Waals surface area contributed by atoms with Gasteiger partial charge in [-0.1, -0.05) is 0 Å². The van der Waals surface area contributed by atoms with Crippen LogP contribution < -0.4 is 15.4 Å². The number of hydrogen-bond donors (Lipinski definition) is 2. The Kier molecular flexibility index (Phi) is 4.77. The summed E-state index contributed by atoms with van der Waals surface area (Å²) in [5, 5.41) is 7.53. The molecule has 2 aliphatic rings. The lowest BCUT2D eigenvalue weighted by molar-refractivity contribution is 0.102. The molecule has 0 radical (unpaired) electrons. The molecule has 0 bridgehead atoms. The van der Waals surface area contributed by atoms with Crippen LogP contribution in [0.4, 0.5) is 11.5 Å². The minimum absolute atomic E-state index is 0.177. The SMILES string of the molecule is Cc1cnc(N2CCC3OCCC32)c(C(=O)Nc2ccnc(S(N)(=O)=O)c2)c1. The number of nitrogens with two attached hydrogens (primary N) is 1. The van der Waals surface area contributed by atoms with E-state index in [1.165, 1.54) is 18.3 Å². The normalized spacial score (nSPS) is 21.6. The Morgan fingerprint density at radius 2 is 2.14 bits per heavy atom. The van der Waals surface area contributed by atoms with Gasteiger partial charge in [-0.15, -0.1) is 0 Å². The van der Waals surface area contributed by atoms with Crippen LogP contribution in [0, 0.1) is 6.92 Å². The van der Waals surface area contributed by atoms with E-state index < -0.39 is 10.0 Å². The number of primary sulfonamides is 1. The van der Waals surface area contributed by atoms with E-state index in [2.05, 4.69) is 20.2 Å². The quantitative estimate of drug-likeness (QED) is 0.781. The lowest BCUT2D eigenvalue weighted by Crippen LogP contribution is -2.34. The van der Waals surface area contributed by atoms with E-state index in [1.54, 1.807) is 12.3 Å². The number of nitrogens with one attached hydrogen (secondary N) is 1. The molecule has 1 amide bonds. The summed E-state index contributed by atoms with van der Waals surface area (Å²) < 4.78 is 28.7. The summed E-state index contributed by atoms with van der Waals surface area (Å²) in [4.78, 5) is 23.4. The molecule has 148 valence electrons. The van der Waals surface area contributed by atoms with Gasteiger partial charge in [-0.25, -0.2) is 23.5 Å². The van der Waals surface area contributed by atoms with E-state index in [0.717, 1.165) is 24.9 Å². The number of fused-ring (bicyclic) bond motifs is 1. The molecule has 0 spiro atoms. The third-order valence-electron chi connectivity index (χ3n) is 5.03. The van der Waals surface area contributed by atoms with E-state index >= 15 is 0 Å². The maximum atomic E-state index is 13.0. The highest BCUT2D eigenvalue weighted by atomic mass is 32.2. The molecular formula is C18H21N5O4S. The Morgan fingerprint density at radius 1 is 1.32 bits per heavy atom. The van der Waals surface area contributed by atoms with Crippen molar-refractivity contribution in [2.24, 2.45) is 5.14 Å². The maximum Gasteiger partial charge on any atom is 0.259 e. The predicted octanol–water partition coefficient (Wildman–Crippen LogP) is 1.05. The van der Waals surface area contributed by atoms with Gasteiger partial charge in [0.15, 0.2) is 5.03 Å². The molecule has 4 rings (SSSR count). The molecule has 28 heavy (non-hydrogen) atoms. The van der Waals surface area contributed by atoms with Gasteiger partial charge in [0.25, 0.3) is 15.9 Å². The number of carbonyl (C=O) groups is 1. The highest BCUT2D eigenvalue weighted by Gasteiger charge is 2.40. The number of aromatic nitrogens is 2. The third-order valence-corrected chi connectivity index (χ3v) is 5.84. The fraction of sp³-hybridized carbons (Fsp3) is 0.389. The van der Waals surface area contributed by atoms with E-state index in [-0.39, 0.29) is 23.1 Å². The Balaban J connectivity index is 1.64. The van der Waals surface area contributed by atoms with Gasteiger partial charge in [0.2, 0.25) is 0 Å². The fourth-order valence-electron chi connectivity index (χ4n) is 3.76.